The lowest BCUT2D eigenvalue weighted by atomic mass is 9.92. The molecule has 3 aromatic rings. The van der Waals surface area contributed by atoms with Crippen molar-refractivity contribution in [2.24, 2.45) is 0 Å². The minimum absolute atomic E-state index is 0. The Bertz CT molecular complexity index is 1060. The Kier molecular flexibility index (Phi) is 4.21. The van der Waals surface area contributed by atoms with E-state index in [9.17, 15) is 9.18 Å². The van der Waals surface area contributed by atoms with E-state index in [-0.39, 0.29) is 18.6 Å². The second-order valence-electron chi connectivity index (χ2n) is 8.62. The Morgan fingerprint density at radius 1 is 1.21 bits per heavy atom. The molecular formula is C23H27FN2O2. The van der Waals surface area contributed by atoms with Crippen LogP contribution in [0.25, 0.3) is 10.9 Å². The van der Waals surface area contributed by atoms with Gasteiger partial charge in [-0.3, -0.25) is 4.79 Å². The zero-order chi connectivity index (χ0) is 20.1. The van der Waals surface area contributed by atoms with Crippen LogP contribution in [0, 0.1) is 5.82 Å². The number of H-pyrrole nitrogens is 1. The molecule has 2 aromatic carbocycles. The molecule has 148 valence electrons. The largest absolute Gasteiger partial charge is 0.497 e. The summed E-state index contributed by atoms with van der Waals surface area (Å²) in [4.78, 5) is 16.2. The summed E-state index contributed by atoms with van der Waals surface area (Å²) in [7, 11) is 1.61. The summed E-state index contributed by atoms with van der Waals surface area (Å²) in [6.07, 6.45) is 1.55. The summed E-state index contributed by atoms with van der Waals surface area (Å²) in [6.45, 7) is 6.22. The number of carbonyl (C=O) groups is 1. The molecule has 1 aliphatic rings. The van der Waals surface area contributed by atoms with Crippen molar-refractivity contribution in [3.8, 4) is 5.75 Å². The SMILES string of the molecule is COc1cccc(C2(C(=O)Nc3cc(F)c4[nH]c(C(C)(C)C)cc4c3)CC2)c1.[HH]. The van der Waals surface area contributed by atoms with Crippen LogP contribution in [0.4, 0.5) is 10.1 Å². The quantitative estimate of drug-likeness (QED) is 0.623. The number of nitrogens with one attached hydrogen (secondary N) is 2. The van der Waals surface area contributed by atoms with E-state index in [4.69, 9.17) is 4.74 Å². The maximum absolute atomic E-state index is 14.6. The first-order valence-corrected chi connectivity index (χ1v) is 9.52. The van der Waals surface area contributed by atoms with E-state index in [0.717, 1.165) is 35.2 Å². The number of aromatic nitrogens is 1. The van der Waals surface area contributed by atoms with E-state index in [2.05, 4.69) is 31.1 Å². The number of hydrogen-bond donors (Lipinski definition) is 2. The van der Waals surface area contributed by atoms with Gasteiger partial charge in [-0.1, -0.05) is 32.9 Å². The van der Waals surface area contributed by atoms with E-state index in [1.807, 2.05) is 36.4 Å². The summed E-state index contributed by atoms with van der Waals surface area (Å²) >= 11 is 0. The van der Waals surface area contributed by atoms with Gasteiger partial charge in [-0.05, 0) is 48.7 Å². The average molecular weight is 382 g/mol. The summed E-state index contributed by atoms with van der Waals surface area (Å²) < 4.78 is 19.9. The molecule has 4 rings (SSSR count). The highest BCUT2D eigenvalue weighted by molar-refractivity contribution is 6.02. The zero-order valence-electron chi connectivity index (χ0n) is 16.7. The van der Waals surface area contributed by atoms with Gasteiger partial charge in [-0.2, -0.15) is 0 Å². The van der Waals surface area contributed by atoms with Gasteiger partial charge in [0.1, 0.15) is 11.6 Å². The molecule has 0 radical (unpaired) electrons. The van der Waals surface area contributed by atoms with Crippen molar-refractivity contribution in [1.29, 1.82) is 0 Å². The second-order valence-corrected chi connectivity index (χ2v) is 8.62. The predicted octanol–water partition coefficient (Wildman–Crippen LogP) is 5.53. The fourth-order valence-electron chi connectivity index (χ4n) is 3.62. The van der Waals surface area contributed by atoms with E-state index in [0.29, 0.717) is 11.2 Å². The minimum Gasteiger partial charge on any atom is -0.497 e. The first-order chi connectivity index (χ1) is 13.2. The number of fused-ring (bicyclic) bond motifs is 1. The molecule has 28 heavy (non-hydrogen) atoms. The number of amides is 1. The van der Waals surface area contributed by atoms with Gasteiger partial charge >= 0.3 is 0 Å². The number of hydrogen-bond acceptors (Lipinski definition) is 2. The lowest BCUT2D eigenvalue weighted by molar-refractivity contribution is -0.118. The van der Waals surface area contributed by atoms with Gasteiger partial charge in [0.05, 0.1) is 18.0 Å². The molecule has 0 atom stereocenters. The van der Waals surface area contributed by atoms with Gasteiger partial charge in [-0.15, -0.1) is 0 Å². The number of halogens is 1. The Balaban J connectivity index is 0.00000240. The van der Waals surface area contributed by atoms with E-state index in [1.54, 1.807) is 7.11 Å². The first-order valence-electron chi connectivity index (χ1n) is 9.52. The predicted molar refractivity (Wildman–Crippen MR) is 112 cm³/mol. The Hall–Kier alpha value is -2.82. The fourth-order valence-corrected chi connectivity index (χ4v) is 3.62. The Labute approximate surface area is 165 Å². The Morgan fingerprint density at radius 2 is 1.96 bits per heavy atom. The number of rotatable bonds is 4. The van der Waals surface area contributed by atoms with Crippen molar-refractivity contribution < 1.29 is 15.3 Å². The molecule has 0 unspecified atom stereocenters. The highest BCUT2D eigenvalue weighted by Crippen LogP contribution is 2.49. The van der Waals surface area contributed by atoms with Crippen molar-refractivity contribution in [3.05, 3.63) is 59.5 Å². The van der Waals surface area contributed by atoms with Crippen LogP contribution in [0.5, 0.6) is 5.75 Å². The van der Waals surface area contributed by atoms with Crippen molar-refractivity contribution in [3.63, 3.8) is 0 Å². The first kappa shape index (κ1) is 18.5. The van der Waals surface area contributed by atoms with E-state index < -0.39 is 5.41 Å². The molecule has 0 aliphatic heterocycles. The van der Waals surface area contributed by atoms with Crippen LogP contribution >= 0.6 is 0 Å². The van der Waals surface area contributed by atoms with Crippen molar-refractivity contribution in [2.75, 3.05) is 12.4 Å². The van der Waals surface area contributed by atoms with Crippen LogP contribution in [0.2, 0.25) is 0 Å². The molecular weight excluding hydrogens is 355 g/mol. The molecule has 0 spiro atoms. The topological polar surface area (TPSA) is 54.1 Å². The number of ether oxygens (including phenoxy) is 1. The van der Waals surface area contributed by atoms with E-state index in [1.165, 1.54) is 6.07 Å². The van der Waals surface area contributed by atoms with Crippen LogP contribution in [0.15, 0.2) is 42.5 Å². The fraction of sp³-hybridized carbons (Fsp3) is 0.348. The van der Waals surface area contributed by atoms with Gasteiger partial charge in [0.15, 0.2) is 0 Å². The molecule has 0 saturated heterocycles. The van der Waals surface area contributed by atoms with Gasteiger partial charge in [0.2, 0.25) is 5.91 Å². The van der Waals surface area contributed by atoms with Crippen LogP contribution in [0.1, 0.15) is 46.3 Å². The smallest absolute Gasteiger partial charge is 0.235 e. The van der Waals surface area contributed by atoms with Crippen LogP contribution in [0.3, 0.4) is 0 Å². The molecule has 0 bridgehead atoms. The molecule has 4 nitrogen and oxygen atoms in total. The van der Waals surface area contributed by atoms with Crippen molar-refractivity contribution >= 4 is 22.5 Å². The molecule has 1 heterocycles. The molecule has 1 fully saturated rings. The monoisotopic (exact) mass is 382 g/mol. The number of anilines is 1. The number of aromatic amines is 1. The highest BCUT2D eigenvalue weighted by Gasteiger charge is 2.51. The summed E-state index contributed by atoms with van der Waals surface area (Å²) in [6, 6.07) is 12.7. The third-order valence-electron chi connectivity index (χ3n) is 5.55. The molecule has 2 N–H and O–H groups in total. The molecule has 1 aliphatic carbocycles. The molecule has 1 amide bonds. The number of carbonyl (C=O) groups excluding carboxylic acids is 1. The number of methoxy groups -OCH3 is 1. The normalized spacial score (nSPS) is 15.5. The highest BCUT2D eigenvalue weighted by atomic mass is 19.1. The standard InChI is InChI=1S/C23H25FN2O2.H2/c1-22(2,3)19-11-14-10-16(13-18(24)20(14)26-19)25-21(27)23(8-9-23)15-6-5-7-17(12-15)28-4;/h5-7,10-13,26H,8-9H2,1-4H3,(H,25,27);1H. The summed E-state index contributed by atoms with van der Waals surface area (Å²) in [5, 5.41) is 3.68. The minimum atomic E-state index is -0.561. The van der Waals surface area contributed by atoms with Gasteiger partial charge in [0.25, 0.3) is 0 Å². The number of benzene rings is 2. The van der Waals surface area contributed by atoms with Gasteiger partial charge in [0, 0.05) is 23.6 Å². The Morgan fingerprint density at radius 3 is 2.61 bits per heavy atom. The molecule has 5 heteroatoms. The van der Waals surface area contributed by atoms with Gasteiger partial charge in [-0.25, -0.2) is 4.39 Å². The second kappa shape index (κ2) is 6.36. The maximum atomic E-state index is 14.6. The third-order valence-corrected chi connectivity index (χ3v) is 5.55. The van der Waals surface area contributed by atoms with Crippen LogP contribution in [-0.4, -0.2) is 18.0 Å². The van der Waals surface area contributed by atoms with Crippen molar-refractivity contribution in [1.82, 2.24) is 4.98 Å². The lowest BCUT2D eigenvalue weighted by Crippen LogP contribution is -2.27. The zero-order valence-corrected chi connectivity index (χ0v) is 16.7. The van der Waals surface area contributed by atoms with Crippen molar-refractivity contribution in [2.45, 2.75) is 44.4 Å². The average Bonchev–Trinajstić information content (AvgIpc) is 3.34. The molecule has 1 saturated carbocycles. The molecule has 1 aromatic heterocycles. The van der Waals surface area contributed by atoms with E-state index >= 15 is 0 Å². The van der Waals surface area contributed by atoms with Crippen LogP contribution in [-0.2, 0) is 15.6 Å². The van der Waals surface area contributed by atoms with Crippen LogP contribution < -0.4 is 10.1 Å². The lowest BCUT2D eigenvalue weighted by Gasteiger charge is -2.17. The summed E-state index contributed by atoms with van der Waals surface area (Å²) in [5.41, 5.74) is 2.16. The summed E-state index contributed by atoms with van der Waals surface area (Å²) in [5.74, 6) is 0.256. The maximum Gasteiger partial charge on any atom is 0.235 e. The van der Waals surface area contributed by atoms with Gasteiger partial charge < -0.3 is 15.0 Å². The third kappa shape index (κ3) is 3.15.